The Morgan fingerprint density at radius 3 is 2.67 bits per heavy atom. The van der Waals surface area contributed by atoms with Gasteiger partial charge in [-0.25, -0.2) is 0 Å². The molecule has 0 aliphatic carbocycles. The topological polar surface area (TPSA) is 62.7 Å². The van der Waals surface area contributed by atoms with Gasteiger partial charge in [0.25, 0.3) is 0 Å². The van der Waals surface area contributed by atoms with Crippen molar-refractivity contribution in [3.05, 3.63) is 23.5 Å². The molecule has 0 amide bonds. The Hall–Kier alpha value is -1.56. The lowest BCUT2D eigenvalue weighted by molar-refractivity contribution is 0.861. The van der Waals surface area contributed by atoms with Crippen LogP contribution in [0, 0.1) is 11.3 Å². The van der Waals surface area contributed by atoms with Crippen LogP contribution in [0.1, 0.15) is 30.9 Å². The standard InChI is InChI=1S/C9H11N3/c1-6(2)8-5-12-4-7(3-10)9(8)11/h4-6H,1-2H3,(H2,11,12). The predicted octanol–water partition coefficient (Wildman–Crippen LogP) is 1.66. The zero-order valence-corrected chi connectivity index (χ0v) is 7.20. The third kappa shape index (κ3) is 1.37. The molecular weight excluding hydrogens is 150 g/mol. The van der Waals surface area contributed by atoms with E-state index in [9.17, 15) is 0 Å². The number of hydrogen-bond donors (Lipinski definition) is 1. The minimum Gasteiger partial charge on any atom is -0.397 e. The van der Waals surface area contributed by atoms with E-state index in [0.717, 1.165) is 5.56 Å². The lowest BCUT2D eigenvalue weighted by Gasteiger charge is -2.08. The molecule has 3 heteroatoms. The Labute approximate surface area is 71.8 Å². The van der Waals surface area contributed by atoms with Crippen LogP contribution >= 0.6 is 0 Å². The minimum atomic E-state index is 0.311. The fraction of sp³-hybridized carbons (Fsp3) is 0.333. The number of nitrogens with two attached hydrogens (primary N) is 1. The van der Waals surface area contributed by atoms with Gasteiger partial charge in [0.15, 0.2) is 0 Å². The summed E-state index contributed by atoms with van der Waals surface area (Å²) in [5.41, 5.74) is 7.69. The van der Waals surface area contributed by atoms with Crippen LogP contribution in [0.25, 0.3) is 0 Å². The monoisotopic (exact) mass is 161 g/mol. The van der Waals surface area contributed by atoms with Crippen LogP contribution < -0.4 is 5.73 Å². The average molecular weight is 161 g/mol. The molecule has 1 rings (SSSR count). The van der Waals surface area contributed by atoms with Crippen molar-refractivity contribution >= 4 is 5.69 Å². The first kappa shape index (κ1) is 8.54. The minimum absolute atomic E-state index is 0.311. The molecule has 0 bridgehead atoms. The maximum absolute atomic E-state index is 8.65. The Morgan fingerprint density at radius 2 is 2.17 bits per heavy atom. The van der Waals surface area contributed by atoms with Gasteiger partial charge in [0.1, 0.15) is 6.07 Å². The molecule has 62 valence electrons. The first-order chi connectivity index (χ1) is 5.66. The van der Waals surface area contributed by atoms with E-state index in [0.29, 0.717) is 17.2 Å². The summed E-state index contributed by atoms with van der Waals surface area (Å²) in [6.45, 7) is 4.04. The van der Waals surface area contributed by atoms with Gasteiger partial charge in [0.2, 0.25) is 0 Å². The van der Waals surface area contributed by atoms with Crippen LogP contribution in [0.2, 0.25) is 0 Å². The van der Waals surface area contributed by atoms with Crippen molar-refractivity contribution in [1.82, 2.24) is 4.98 Å². The van der Waals surface area contributed by atoms with Crippen LogP contribution in [0.3, 0.4) is 0 Å². The molecule has 0 radical (unpaired) electrons. The van der Waals surface area contributed by atoms with Crippen LogP contribution in [-0.2, 0) is 0 Å². The van der Waals surface area contributed by atoms with Gasteiger partial charge < -0.3 is 5.73 Å². The second-order valence-corrected chi connectivity index (χ2v) is 2.96. The number of hydrogen-bond acceptors (Lipinski definition) is 3. The smallest absolute Gasteiger partial charge is 0.103 e. The average Bonchev–Trinajstić information content (AvgIpc) is 2.04. The van der Waals surface area contributed by atoms with Gasteiger partial charge in [-0.3, -0.25) is 4.98 Å². The van der Waals surface area contributed by atoms with Crippen LogP contribution in [0.15, 0.2) is 12.4 Å². The molecule has 0 saturated heterocycles. The zero-order valence-electron chi connectivity index (χ0n) is 7.20. The van der Waals surface area contributed by atoms with E-state index in [1.54, 1.807) is 6.20 Å². The molecule has 3 nitrogen and oxygen atoms in total. The number of nitrogen functional groups attached to an aromatic ring is 1. The summed E-state index contributed by atoms with van der Waals surface area (Å²) in [6, 6.07) is 2.00. The maximum atomic E-state index is 8.65. The summed E-state index contributed by atoms with van der Waals surface area (Å²) in [4.78, 5) is 3.94. The lowest BCUT2D eigenvalue weighted by Crippen LogP contribution is -2.00. The summed E-state index contributed by atoms with van der Waals surface area (Å²) >= 11 is 0. The van der Waals surface area contributed by atoms with Gasteiger partial charge in [-0.2, -0.15) is 5.26 Å². The molecule has 0 atom stereocenters. The highest BCUT2D eigenvalue weighted by molar-refractivity contribution is 5.58. The maximum Gasteiger partial charge on any atom is 0.103 e. The molecule has 0 saturated carbocycles. The van der Waals surface area contributed by atoms with Crippen molar-refractivity contribution in [3.63, 3.8) is 0 Å². The normalized spacial score (nSPS) is 9.83. The van der Waals surface area contributed by atoms with Crippen LogP contribution in [0.5, 0.6) is 0 Å². The number of aromatic nitrogens is 1. The molecule has 0 aromatic carbocycles. The summed E-state index contributed by atoms with van der Waals surface area (Å²) < 4.78 is 0. The molecular formula is C9H11N3. The number of anilines is 1. The molecule has 1 aromatic rings. The van der Waals surface area contributed by atoms with E-state index in [1.165, 1.54) is 6.20 Å². The molecule has 1 aromatic heterocycles. The lowest BCUT2D eigenvalue weighted by atomic mass is 10.0. The van der Waals surface area contributed by atoms with Gasteiger partial charge in [0.05, 0.1) is 11.3 Å². The van der Waals surface area contributed by atoms with E-state index in [-0.39, 0.29) is 0 Å². The van der Waals surface area contributed by atoms with Crippen molar-refractivity contribution in [1.29, 1.82) is 5.26 Å². The number of pyridine rings is 1. The molecule has 0 aliphatic heterocycles. The fourth-order valence-corrected chi connectivity index (χ4v) is 1.04. The third-order valence-corrected chi connectivity index (χ3v) is 1.76. The van der Waals surface area contributed by atoms with Gasteiger partial charge >= 0.3 is 0 Å². The van der Waals surface area contributed by atoms with Gasteiger partial charge in [-0.1, -0.05) is 13.8 Å². The molecule has 0 spiro atoms. The summed E-state index contributed by atoms with van der Waals surface area (Å²) in [5.74, 6) is 0.311. The van der Waals surface area contributed by atoms with Gasteiger partial charge in [-0.15, -0.1) is 0 Å². The predicted molar refractivity (Wildman–Crippen MR) is 47.5 cm³/mol. The van der Waals surface area contributed by atoms with Crippen molar-refractivity contribution in [3.8, 4) is 6.07 Å². The van der Waals surface area contributed by atoms with Gasteiger partial charge in [-0.05, 0) is 11.5 Å². The highest BCUT2D eigenvalue weighted by Crippen LogP contribution is 2.22. The van der Waals surface area contributed by atoms with Crippen molar-refractivity contribution in [2.45, 2.75) is 19.8 Å². The van der Waals surface area contributed by atoms with Crippen molar-refractivity contribution in [2.75, 3.05) is 5.73 Å². The van der Waals surface area contributed by atoms with E-state index in [4.69, 9.17) is 11.0 Å². The van der Waals surface area contributed by atoms with E-state index >= 15 is 0 Å². The second kappa shape index (κ2) is 3.22. The molecule has 1 heterocycles. The number of nitriles is 1. The van der Waals surface area contributed by atoms with Gasteiger partial charge in [0, 0.05) is 12.4 Å². The van der Waals surface area contributed by atoms with E-state index in [1.807, 2.05) is 19.9 Å². The highest BCUT2D eigenvalue weighted by Gasteiger charge is 2.07. The van der Waals surface area contributed by atoms with Crippen LogP contribution in [0.4, 0.5) is 5.69 Å². The zero-order chi connectivity index (χ0) is 9.14. The second-order valence-electron chi connectivity index (χ2n) is 2.96. The fourth-order valence-electron chi connectivity index (χ4n) is 1.04. The number of rotatable bonds is 1. The molecule has 0 aliphatic rings. The Balaban J connectivity index is 3.25. The largest absolute Gasteiger partial charge is 0.397 e. The Kier molecular flexibility index (Phi) is 2.29. The molecule has 2 N–H and O–H groups in total. The highest BCUT2D eigenvalue weighted by atomic mass is 14.7. The number of nitrogens with zero attached hydrogens (tertiary/aromatic N) is 2. The quantitative estimate of drug-likeness (QED) is 0.681. The summed E-state index contributed by atoms with van der Waals surface area (Å²) in [6.07, 6.45) is 3.20. The van der Waals surface area contributed by atoms with Crippen molar-refractivity contribution in [2.24, 2.45) is 0 Å². The molecule has 0 unspecified atom stereocenters. The Bertz CT molecular complexity index is 323. The Morgan fingerprint density at radius 1 is 1.50 bits per heavy atom. The third-order valence-electron chi connectivity index (χ3n) is 1.76. The van der Waals surface area contributed by atoms with E-state index < -0.39 is 0 Å². The van der Waals surface area contributed by atoms with Crippen molar-refractivity contribution < 1.29 is 0 Å². The first-order valence-electron chi connectivity index (χ1n) is 3.80. The van der Waals surface area contributed by atoms with E-state index in [2.05, 4.69) is 4.98 Å². The first-order valence-corrected chi connectivity index (χ1v) is 3.80. The summed E-state index contributed by atoms with van der Waals surface area (Å²) in [7, 11) is 0. The molecule has 0 fully saturated rings. The molecule has 12 heavy (non-hydrogen) atoms. The van der Waals surface area contributed by atoms with Crippen LogP contribution in [-0.4, -0.2) is 4.98 Å². The SMILES string of the molecule is CC(C)c1cncc(C#N)c1N. The summed E-state index contributed by atoms with van der Waals surface area (Å²) in [5, 5.41) is 8.65.